The fourth-order valence-corrected chi connectivity index (χ4v) is 2.04. The molecule has 0 radical (unpaired) electrons. The Morgan fingerprint density at radius 3 is 2.27 bits per heavy atom. The van der Waals surface area contributed by atoms with Crippen molar-refractivity contribution in [2.75, 3.05) is 0 Å². The molecule has 1 fully saturated rings. The van der Waals surface area contributed by atoms with Crippen LogP contribution in [0.15, 0.2) is 60.7 Å². The van der Waals surface area contributed by atoms with Crippen LogP contribution in [0, 0.1) is 0 Å². The molecule has 112 valence electrons. The number of benzene rings is 2. The molecule has 1 amide bonds. The zero-order chi connectivity index (χ0) is 15.4. The van der Waals surface area contributed by atoms with Crippen molar-refractivity contribution in [3.05, 3.63) is 66.2 Å². The molecule has 0 aliphatic carbocycles. The molecule has 5 nitrogen and oxygen atoms in total. The topological polar surface area (TPSA) is 67.9 Å². The Hall–Kier alpha value is -2.66. The van der Waals surface area contributed by atoms with Crippen LogP contribution in [0.25, 0.3) is 0 Å². The predicted molar refractivity (Wildman–Crippen MR) is 79.0 cm³/mol. The second-order valence-electron chi connectivity index (χ2n) is 4.91. The molecule has 3 rings (SSSR count). The fraction of sp³-hybridized carbons (Fsp3) is 0.176. The normalized spacial score (nSPS) is 19.3. The van der Waals surface area contributed by atoms with Crippen molar-refractivity contribution in [3.63, 3.8) is 0 Å². The van der Waals surface area contributed by atoms with Crippen LogP contribution in [0.1, 0.15) is 5.56 Å². The molecular weight excluding hydrogens is 282 g/mol. The fourth-order valence-electron chi connectivity index (χ4n) is 2.04. The van der Waals surface area contributed by atoms with Gasteiger partial charge < -0.3 is 14.8 Å². The lowest BCUT2D eigenvalue weighted by atomic mass is 10.2. The Morgan fingerprint density at radius 1 is 0.955 bits per heavy atom. The van der Waals surface area contributed by atoms with Crippen molar-refractivity contribution in [1.29, 1.82) is 0 Å². The molecule has 1 heterocycles. The van der Waals surface area contributed by atoms with Crippen molar-refractivity contribution in [2.24, 2.45) is 0 Å². The number of carbonyl (C=O) groups excluding carboxylic acids is 2. The zero-order valence-electron chi connectivity index (χ0n) is 11.8. The van der Waals surface area contributed by atoms with E-state index in [2.05, 4.69) is 5.32 Å². The number of esters is 1. The Kier molecular flexibility index (Phi) is 4.16. The number of para-hydroxylation sites is 1. The molecule has 0 bridgehead atoms. The van der Waals surface area contributed by atoms with E-state index >= 15 is 0 Å². The minimum Gasteiger partial charge on any atom is -0.425 e. The maximum atomic E-state index is 11.9. The van der Waals surface area contributed by atoms with Crippen LogP contribution in [0.5, 0.6) is 5.75 Å². The first kappa shape index (κ1) is 14.3. The Bertz CT molecular complexity index is 657. The van der Waals surface area contributed by atoms with Crippen LogP contribution >= 0.6 is 0 Å². The van der Waals surface area contributed by atoms with E-state index in [1.165, 1.54) is 0 Å². The number of rotatable bonds is 5. The quantitative estimate of drug-likeness (QED) is 0.518. The Morgan fingerprint density at radius 2 is 1.59 bits per heavy atom. The van der Waals surface area contributed by atoms with Gasteiger partial charge in [0.1, 0.15) is 5.75 Å². The van der Waals surface area contributed by atoms with Crippen LogP contribution < -0.4 is 10.1 Å². The summed E-state index contributed by atoms with van der Waals surface area (Å²) in [6, 6.07) is 18.2. The number of amides is 1. The number of epoxide rings is 1. The second kappa shape index (κ2) is 6.41. The van der Waals surface area contributed by atoms with E-state index in [0.29, 0.717) is 12.3 Å². The third kappa shape index (κ3) is 3.51. The van der Waals surface area contributed by atoms with Gasteiger partial charge in [0, 0.05) is 6.54 Å². The van der Waals surface area contributed by atoms with Crippen molar-refractivity contribution in [2.45, 2.75) is 18.8 Å². The van der Waals surface area contributed by atoms with Crippen LogP contribution in [0.3, 0.4) is 0 Å². The first-order valence-electron chi connectivity index (χ1n) is 6.98. The van der Waals surface area contributed by atoms with Gasteiger partial charge in [0.15, 0.2) is 12.2 Å². The second-order valence-corrected chi connectivity index (χ2v) is 4.91. The summed E-state index contributed by atoms with van der Waals surface area (Å²) in [7, 11) is 0. The molecule has 0 spiro atoms. The average Bonchev–Trinajstić information content (AvgIpc) is 3.35. The molecule has 2 aromatic carbocycles. The van der Waals surface area contributed by atoms with Gasteiger partial charge in [-0.3, -0.25) is 4.79 Å². The largest absolute Gasteiger partial charge is 0.425 e. The molecule has 5 heteroatoms. The highest BCUT2D eigenvalue weighted by atomic mass is 16.6. The standard InChI is InChI=1S/C17H15NO4/c19-16(18-11-12-7-3-1-4-8-12)14-15(22-14)17(20)21-13-9-5-2-6-10-13/h1-10,14-15H,11H2,(H,18,19). The summed E-state index contributed by atoms with van der Waals surface area (Å²) < 4.78 is 10.3. The molecule has 1 aliphatic rings. The monoisotopic (exact) mass is 297 g/mol. The van der Waals surface area contributed by atoms with E-state index in [0.717, 1.165) is 5.56 Å². The van der Waals surface area contributed by atoms with Crippen molar-refractivity contribution in [1.82, 2.24) is 5.32 Å². The highest BCUT2D eigenvalue weighted by Gasteiger charge is 2.51. The third-order valence-corrected chi connectivity index (χ3v) is 3.25. The van der Waals surface area contributed by atoms with Crippen LogP contribution in [0.4, 0.5) is 0 Å². The van der Waals surface area contributed by atoms with Crippen molar-refractivity contribution in [3.8, 4) is 5.75 Å². The summed E-state index contributed by atoms with van der Waals surface area (Å²) in [5, 5.41) is 2.74. The lowest BCUT2D eigenvalue weighted by molar-refractivity contribution is -0.136. The van der Waals surface area contributed by atoms with Gasteiger partial charge >= 0.3 is 5.97 Å². The van der Waals surface area contributed by atoms with Crippen molar-refractivity contribution >= 4 is 11.9 Å². The van der Waals surface area contributed by atoms with E-state index in [1.807, 2.05) is 36.4 Å². The molecule has 2 aromatic rings. The molecule has 1 N–H and O–H groups in total. The highest BCUT2D eigenvalue weighted by Crippen LogP contribution is 2.24. The van der Waals surface area contributed by atoms with E-state index < -0.39 is 18.2 Å². The summed E-state index contributed by atoms with van der Waals surface area (Å²) in [4.78, 5) is 23.7. The molecule has 0 aromatic heterocycles. The smallest absolute Gasteiger partial charge is 0.344 e. The molecule has 0 saturated carbocycles. The molecule has 2 unspecified atom stereocenters. The van der Waals surface area contributed by atoms with Gasteiger partial charge in [0.2, 0.25) is 0 Å². The lowest BCUT2D eigenvalue weighted by Crippen LogP contribution is -2.30. The Labute approximate surface area is 127 Å². The van der Waals surface area contributed by atoms with Gasteiger partial charge in [-0.25, -0.2) is 4.79 Å². The van der Waals surface area contributed by atoms with Crippen LogP contribution in [-0.2, 0) is 20.9 Å². The van der Waals surface area contributed by atoms with Gasteiger partial charge in [0.05, 0.1) is 0 Å². The SMILES string of the molecule is O=C(NCc1ccccc1)C1OC1C(=O)Oc1ccccc1. The third-order valence-electron chi connectivity index (χ3n) is 3.25. The number of carbonyl (C=O) groups is 2. The van der Waals surface area contributed by atoms with E-state index in [4.69, 9.17) is 9.47 Å². The number of ether oxygens (including phenoxy) is 2. The summed E-state index contributed by atoms with van der Waals surface area (Å²) in [5.74, 6) is -0.420. The van der Waals surface area contributed by atoms with Crippen LogP contribution in [0.2, 0.25) is 0 Å². The zero-order valence-corrected chi connectivity index (χ0v) is 11.8. The minimum absolute atomic E-state index is 0.307. The first-order valence-corrected chi connectivity index (χ1v) is 6.98. The van der Waals surface area contributed by atoms with E-state index in [1.54, 1.807) is 24.3 Å². The average molecular weight is 297 g/mol. The first-order chi connectivity index (χ1) is 10.7. The van der Waals surface area contributed by atoms with Gasteiger partial charge in [-0.2, -0.15) is 0 Å². The van der Waals surface area contributed by atoms with Crippen LogP contribution in [-0.4, -0.2) is 24.1 Å². The van der Waals surface area contributed by atoms with Gasteiger partial charge in [-0.1, -0.05) is 48.5 Å². The molecule has 2 atom stereocenters. The maximum Gasteiger partial charge on any atom is 0.344 e. The highest BCUT2D eigenvalue weighted by molar-refractivity contribution is 5.93. The van der Waals surface area contributed by atoms with Gasteiger partial charge in [-0.05, 0) is 17.7 Å². The summed E-state index contributed by atoms with van der Waals surface area (Å²) >= 11 is 0. The predicted octanol–water partition coefficient (Wildman–Crippen LogP) is 1.68. The number of hydrogen-bond acceptors (Lipinski definition) is 4. The number of nitrogens with one attached hydrogen (secondary N) is 1. The summed E-state index contributed by atoms with van der Waals surface area (Å²) in [6.07, 6.45) is -1.59. The van der Waals surface area contributed by atoms with E-state index in [9.17, 15) is 9.59 Å². The van der Waals surface area contributed by atoms with Gasteiger partial charge in [0.25, 0.3) is 5.91 Å². The van der Waals surface area contributed by atoms with E-state index in [-0.39, 0.29) is 5.91 Å². The molecule has 22 heavy (non-hydrogen) atoms. The molecule has 1 saturated heterocycles. The number of hydrogen-bond donors (Lipinski definition) is 1. The Balaban J connectivity index is 1.47. The van der Waals surface area contributed by atoms with Crippen molar-refractivity contribution < 1.29 is 19.1 Å². The van der Waals surface area contributed by atoms with Gasteiger partial charge in [-0.15, -0.1) is 0 Å². The summed E-state index contributed by atoms with van der Waals surface area (Å²) in [6.45, 7) is 0.403. The maximum absolute atomic E-state index is 11.9. The minimum atomic E-state index is -0.823. The molecular formula is C17H15NO4. The molecule has 1 aliphatic heterocycles. The summed E-state index contributed by atoms with van der Waals surface area (Å²) in [5.41, 5.74) is 0.986. The lowest BCUT2D eigenvalue weighted by Gasteiger charge is -2.03.